The summed E-state index contributed by atoms with van der Waals surface area (Å²) in [5.41, 5.74) is -0.355. The Morgan fingerprint density at radius 3 is 2.63 bits per heavy atom. The summed E-state index contributed by atoms with van der Waals surface area (Å²) < 4.78 is 0.696. The number of benzene rings is 1. The first kappa shape index (κ1) is 14.1. The van der Waals surface area contributed by atoms with E-state index in [0.29, 0.717) is 22.0 Å². The summed E-state index contributed by atoms with van der Waals surface area (Å²) >= 11 is 2.00. The molecule has 1 aliphatic carbocycles. The number of rotatable bonds is 2. The first-order valence-corrected chi connectivity index (χ1v) is 7.36. The normalized spacial score (nSPS) is 17.5. The topological polar surface area (TPSA) is 73.1 Å². The summed E-state index contributed by atoms with van der Waals surface area (Å²) in [7, 11) is 0. The summed E-state index contributed by atoms with van der Waals surface area (Å²) in [4.78, 5) is 12.2. The molecule has 0 aromatic heterocycles. The highest BCUT2D eigenvalue weighted by molar-refractivity contribution is 14.1. The van der Waals surface area contributed by atoms with Crippen molar-refractivity contribution in [3.63, 3.8) is 0 Å². The molecular weight excluding hydrogens is 355 g/mol. The monoisotopic (exact) mass is 370 g/mol. The molecule has 5 heteroatoms. The molecule has 0 atom stereocenters. The third kappa shape index (κ3) is 3.18. The molecule has 1 amide bonds. The van der Waals surface area contributed by atoms with Crippen molar-refractivity contribution in [2.75, 3.05) is 0 Å². The second kappa shape index (κ2) is 5.78. The molecule has 19 heavy (non-hydrogen) atoms. The van der Waals surface area contributed by atoms with Crippen LogP contribution in [-0.2, 0) is 0 Å². The zero-order valence-corrected chi connectivity index (χ0v) is 12.6. The van der Waals surface area contributed by atoms with Gasteiger partial charge in [0.15, 0.2) is 0 Å². The molecule has 0 radical (unpaired) electrons. The average molecular weight is 370 g/mol. The molecule has 2 rings (SSSR count). The highest BCUT2D eigenvalue weighted by atomic mass is 127. The van der Waals surface area contributed by atoms with Gasteiger partial charge < -0.3 is 10.4 Å². The van der Waals surface area contributed by atoms with Gasteiger partial charge in [0, 0.05) is 5.56 Å². The van der Waals surface area contributed by atoms with Gasteiger partial charge >= 0.3 is 0 Å². The fraction of sp³-hybridized carbons (Fsp3) is 0.429. The van der Waals surface area contributed by atoms with Crippen LogP contribution in [0.25, 0.3) is 0 Å². The van der Waals surface area contributed by atoms with Crippen molar-refractivity contribution in [2.24, 2.45) is 0 Å². The van der Waals surface area contributed by atoms with Crippen molar-refractivity contribution in [3.05, 3.63) is 27.3 Å². The first-order valence-electron chi connectivity index (χ1n) is 6.29. The van der Waals surface area contributed by atoms with E-state index in [1.807, 2.05) is 22.6 Å². The summed E-state index contributed by atoms with van der Waals surface area (Å²) in [6.07, 6.45) is 4.44. The van der Waals surface area contributed by atoms with Crippen molar-refractivity contribution < 1.29 is 9.90 Å². The van der Waals surface area contributed by atoms with Crippen LogP contribution >= 0.6 is 22.6 Å². The maximum Gasteiger partial charge on any atom is 0.252 e. The second-order valence-electron chi connectivity index (χ2n) is 4.87. The third-order valence-electron chi connectivity index (χ3n) is 3.48. The zero-order valence-electron chi connectivity index (χ0n) is 10.4. The molecule has 1 aromatic rings. The molecule has 0 bridgehead atoms. The van der Waals surface area contributed by atoms with Crippen LogP contribution in [0.3, 0.4) is 0 Å². The van der Waals surface area contributed by atoms with E-state index in [4.69, 9.17) is 0 Å². The van der Waals surface area contributed by atoms with Crippen molar-refractivity contribution in [2.45, 2.75) is 37.6 Å². The number of phenols is 1. The molecule has 4 nitrogen and oxygen atoms in total. The summed E-state index contributed by atoms with van der Waals surface area (Å²) in [5.74, 6) is -0.210. The van der Waals surface area contributed by atoms with E-state index in [-0.39, 0.29) is 11.7 Å². The number of carbonyl (C=O) groups is 1. The predicted octanol–water partition coefficient (Wildman–Crippen LogP) is 2.95. The standard InChI is InChI=1S/C14H15IN2O2/c15-11-5-4-10(8-12(11)18)13(19)17-14(9-16)6-2-1-3-7-14/h4-5,8,18H,1-3,6-7H2,(H,17,19). The summed E-state index contributed by atoms with van der Waals surface area (Å²) in [5, 5.41) is 21.8. The minimum absolute atomic E-state index is 0.0860. The lowest BCUT2D eigenvalue weighted by Gasteiger charge is -2.31. The van der Waals surface area contributed by atoms with Crippen LogP contribution in [-0.4, -0.2) is 16.6 Å². The van der Waals surface area contributed by atoms with E-state index in [1.165, 1.54) is 6.07 Å². The average Bonchev–Trinajstić information content (AvgIpc) is 2.43. The van der Waals surface area contributed by atoms with Gasteiger partial charge in [-0.15, -0.1) is 0 Å². The van der Waals surface area contributed by atoms with E-state index >= 15 is 0 Å². The third-order valence-corrected chi connectivity index (χ3v) is 4.39. The van der Waals surface area contributed by atoms with Gasteiger partial charge in [0.2, 0.25) is 0 Å². The molecular formula is C14H15IN2O2. The molecule has 2 N–H and O–H groups in total. The number of halogens is 1. The molecule has 1 fully saturated rings. The SMILES string of the molecule is N#CC1(NC(=O)c2ccc(I)c(O)c2)CCCCC1. The Balaban J connectivity index is 2.15. The maximum atomic E-state index is 12.2. The molecule has 0 aliphatic heterocycles. The number of phenolic OH excluding ortho intramolecular Hbond substituents is 1. The van der Waals surface area contributed by atoms with Crippen LogP contribution in [0.1, 0.15) is 42.5 Å². The van der Waals surface area contributed by atoms with Gasteiger partial charge in [0.05, 0.1) is 9.64 Å². The quantitative estimate of drug-likeness (QED) is 0.787. The van der Waals surface area contributed by atoms with E-state index in [2.05, 4.69) is 11.4 Å². The highest BCUT2D eigenvalue weighted by Gasteiger charge is 2.33. The molecule has 0 heterocycles. The molecule has 0 spiro atoms. The van der Waals surface area contributed by atoms with Gasteiger partial charge in [-0.2, -0.15) is 5.26 Å². The van der Waals surface area contributed by atoms with E-state index in [0.717, 1.165) is 19.3 Å². The van der Waals surface area contributed by atoms with Crippen LogP contribution < -0.4 is 5.32 Å². The lowest BCUT2D eigenvalue weighted by molar-refractivity contribution is 0.0902. The molecule has 100 valence electrons. The van der Waals surface area contributed by atoms with E-state index in [1.54, 1.807) is 12.1 Å². The number of nitriles is 1. The fourth-order valence-corrected chi connectivity index (χ4v) is 2.70. The minimum Gasteiger partial charge on any atom is -0.507 e. The predicted molar refractivity (Wildman–Crippen MR) is 79.7 cm³/mol. The van der Waals surface area contributed by atoms with Gasteiger partial charge in [-0.1, -0.05) is 19.3 Å². The van der Waals surface area contributed by atoms with Gasteiger partial charge in [-0.25, -0.2) is 0 Å². The van der Waals surface area contributed by atoms with Crippen molar-refractivity contribution in [1.29, 1.82) is 5.26 Å². The lowest BCUT2D eigenvalue weighted by Crippen LogP contribution is -2.48. The van der Waals surface area contributed by atoms with Crippen LogP contribution in [0.5, 0.6) is 5.75 Å². The lowest BCUT2D eigenvalue weighted by atomic mass is 9.82. The van der Waals surface area contributed by atoms with Crippen molar-refractivity contribution in [3.8, 4) is 11.8 Å². The Hall–Kier alpha value is -1.29. The number of amides is 1. The Kier molecular flexibility index (Phi) is 4.30. The number of hydrogen-bond acceptors (Lipinski definition) is 3. The Labute approximate surface area is 126 Å². The van der Waals surface area contributed by atoms with Gasteiger partial charge in [-0.3, -0.25) is 4.79 Å². The van der Waals surface area contributed by atoms with Crippen LogP contribution in [0, 0.1) is 14.9 Å². The van der Waals surface area contributed by atoms with Crippen LogP contribution in [0.15, 0.2) is 18.2 Å². The number of aromatic hydroxyl groups is 1. The highest BCUT2D eigenvalue weighted by Crippen LogP contribution is 2.28. The number of nitrogens with one attached hydrogen (secondary N) is 1. The first-order chi connectivity index (χ1) is 9.06. The largest absolute Gasteiger partial charge is 0.507 e. The Morgan fingerprint density at radius 1 is 1.37 bits per heavy atom. The molecule has 1 saturated carbocycles. The van der Waals surface area contributed by atoms with Gasteiger partial charge in [0.25, 0.3) is 5.91 Å². The second-order valence-corrected chi connectivity index (χ2v) is 6.04. The zero-order chi connectivity index (χ0) is 13.9. The van der Waals surface area contributed by atoms with Gasteiger partial charge in [0.1, 0.15) is 11.3 Å². The summed E-state index contributed by atoms with van der Waals surface area (Å²) in [6.45, 7) is 0. The molecule has 1 aliphatic rings. The molecule has 0 unspecified atom stereocenters. The number of nitrogens with zero attached hydrogens (tertiary/aromatic N) is 1. The van der Waals surface area contributed by atoms with E-state index < -0.39 is 5.54 Å². The van der Waals surface area contributed by atoms with Crippen LogP contribution in [0.2, 0.25) is 0 Å². The Bertz CT molecular complexity index is 531. The van der Waals surface area contributed by atoms with Gasteiger partial charge in [-0.05, 0) is 53.6 Å². The van der Waals surface area contributed by atoms with Crippen molar-refractivity contribution in [1.82, 2.24) is 5.32 Å². The number of hydrogen-bond donors (Lipinski definition) is 2. The maximum absolute atomic E-state index is 12.2. The molecule has 0 saturated heterocycles. The smallest absolute Gasteiger partial charge is 0.252 e. The van der Waals surface area contributed by atoms with Crippen molar-refractivity contribution >= 4 is 28.5 Å². The fourth-order valence-electron chi connectivity index (χ4n) is 2.36. The number of carbonyl (C=O) groups excluding carboxylic acids is 1. The van der Waals surface area contributed by atoms with E-state index in [9.17, 15) is 15.2 Å². The Morgan fingerprint density at radius 2 is 2.05 bits per heavy atom. The molecule has 1 aromatic carbocycles. The summed E-state index contributed by atoms with van der Waals surface area (Å²) in [6, 6.07) is 7.03. The van der Waals surface area contributed by atoms with Crippen LogP contribution in [0.4, 0.5) is 0 Å². The minimum atomic E-state index is -0.742.